The van der Waals surface area contributed by atoms with E-state index in [1.165, 1.54) is 4.70 Å². The molecular formula is C18H22N2O3S. The van der Waals surface area contributed by atoms with E-state index in [2.05, 4.69) is 11.1 Å². The van der Waals surface area contributed by atoms with Crippen LogP contribution in [0.15, 0.2) is 24.3 Å². The maximum Gasteiger partial charge on any atom is 0.308 e. The summed E-state index contributed by atoms with van der Waals surface area (Å²) < 4.78 is 1.17. The molecule has 1 aliphatic rings. The summed E-state index contributed by atoms with van der Waals surface area (Å²) in [5.41, 5.74) is 1.01. The minimum atomic E-state index is -0.845. The van der Waals surface area contributed by atoms with Gasteiger partial charge in [-0.3, -0.25) is 9.59 Å². The predicted molar refractivity (Wildman–Crippen MR) is 94.1 cm³/mol. The standard InChI is InChI=1S/C18H22N2O3S/c1-12(18(22)23)11-20(13-9-10-13)17(21)8-4-7-16-19-14-5-2-3-6-15(14)24-16/h2-3,5-6,12-13H,4,7-11H2,1H3,(H,22,23). The Balaban J connectivity index is 1.52. The Morgan fingerprint density at radius 2 is 2.12 bits per heavy atom. The van der Waals surface area contributed by atoms with Crippen LogP contribution >= 0.6 is 11.3 Å². The average Bonchev–Trinajstić information content (AvgIpc) is 3.31. The molecule has 1 aromatic heterocycles. The van der Waals surface area contributed by atoms with Crippen molar-refractivity contribution in [3.63, 3.8) is 0 Å². The van der Waals surface area contributed by atoms with Crippen LogP contribution in [-0.2, 0) is 16.0 Å². The second-order valence-corrected chi connectivity index (χ2v) is 7.56. The van der Waals surface area contributed by atoms with E-state index in [4.69, 9.17) is 5.11 Å². The fourth-order valence-electron chi connectivity index (χ4n) is 2.78. The van der Waals surface area contributed by atoms with Gasteiger partial charge in [-0.15, -0.1) is 11.3 Å². The van der Waals surface area contributed by atoms with Gasteiger partial charge in [-0.25, -0.2) is 4.98 Å². The zero-order chi connectivity index (χ0) is 17.1. The van der Waals surface area contributed by atoms with Gasteiger partial charge in [-0.1, -0.05) is 19.1 Å². The normalized spacial score (nSPS) is 15.4. The number of aliphatic carboxylic acids is 1. The van der Waals surface area contributed by atoms with Crippen molar-refractivity contribution in [2.45, 2.75) is 45.1 Å². The Hall–Kier alpha value is -1.95. The van der Waals surface area contributed by atoms with Crippen molar-refractivity contribution in [1.82, 2.24) is 9.88 Å². The third-order valence-electron chi connectivity index (χ3n) is 4.32. The van der Waals surface area contributed by atoms with Crippen molar-refractivity contribution in [2.75, 3.05) is 6.54 Å². The van der Waals surface area contributed by atoms with Crippen molar-refractivity contribution in [3.05, 3.63) is 29.3 Å². The number of fused-ring (bicyclic) bond motifs is 1. The lowest BCUT2D eigenvalue weighted by Gasteiger charge is -2.24. The highest BCUT2D eigenvalue weighted by atomic mass is 32.1. The van der Waals surface area contributed by atoms with E-state index >= 15 is 0 Å². The number of para-hydroxylation sites is 1. The lowest BCUT2D eigenvalue weighted by Crippen LogP contribution is -2.38. The van der Waals surface area contributed by atoms with Gasteiger partial charge in [-0.05, 0) is 37.8 Å². The summed E-state index contributed by atoms with van der Waals surface area (Å²) in [4.78, 5) is 29.9. The molecule has 3 rings (SSSR count). The van der Waals surface area contributed by atoms with Gasteiger partial charge in [0.15, 0.2) is 0 Å². The van der Waals surface area contributed by atoms with E-state index in [-0.39, 0.29) is 11.9 Å². The molecule has 1 fully saturated rings. The molecule has 1 aliphatic carbocycles. The van der Waals surface area contributed by atoms with Crippen LogP contribution in [0.25, 0.3) is 10.2 Å². The number of aryl methyl sites for hydroxylation is 1. The Labute approximate surface area is 145 Å². The lowest BCUT2D eigenvalue weighted by atomic mass is 10.1. The molecule has 0 saturated heterocycles. The summed E-state index contributed by atoms with van der Waals surface area (Å²) in [5, 5.41) is 10.1. The van der Waals surface area contributed by atoms with E-state index < -0.39 is 11.9 Å². The molecule has 5 nitrogen and oxygen atoms in total. The summed E-state index contributed by atoms with van der Waals surface area (Å²) in [6.45, 7) is 1.98. The summed E-state index contributed by atoms with van der Waals surface area (Å²) in [6, 6.07) is 8.30. The highest BCUT2D eigenvalue weighted by Gasteiger charge is 2.34. The number of aromatic nitrogens is 1. The van der Waals surface area contributed by atoms with E-state index in [9.17, 15) is 9.59 Å². The third kappa shape index (κ3) is 4.12. The number of carboxylic acid groups (broad SMARTS) is 1. The first kappa shape index (κ1) is 16.9. The molecular weight excluding hydrogens is 324 g/mol. The number of carbonyl (C=O) groups excluding carboxylic acids is 1. The lowest BCUT2D eigenvalue weighted by molar-refractivity contribution is -0.143. The van der Waals surface area contributed by atoms with E-state index in [1.807, 2.05) is 18.2 Å². The van der Waals surface area contributed by atoms with E-state index in [0.717, 1.165) is 36.2 Å². The SMILES string of the molecule is CC(CN(C(=O)CCCc1nc2ccccc2s1)C1CC1)C(=O)O. The van der Waals surface area contributed by atoms with Crippen LogP contribution in [0.4, 0.5) is 0 Å². The van der Waals surface area contributed by atoms with Crippen LogP contribution < -0.4 is 0 Å². The van der Waals surface area contributed by atoms with Crippen LogP contribution in [0.5, 0.6) is 0 Å². The molecule has 1 aromatic carbocycles. The molecule has 2 aromatic rings. The number of carboxylic acids is 1. The molecule has 1 amide bonds. The maximum atomic E-state index is 12.5. The molecule has 1 unspecified atom stereocenters. The second kappa shape index (κ2) is 7.30. The average molecular weight is 346 g/mol. The van der Waals surface area contributed by atoms with Gasteiger partial charge in [0.05, 0.1) is 21.1 Å². The summed E-state index contributed by atoms with van der Waals surface area (Å²) in [5.74, 6) is -1.28. The molecule has 1 N–H and O–H groups in total. The number of benzene rings is 1. The highest BCUT2D eigenvalue weighted by molar-refractivity contribution is 7.18. The minimum absolute atomic E-state index is 0.0757. The number of rotatable bonds is 8. The number of hydrogen-bond donors (Lipinski definition) is 1. The van der Waals surface area contributed by atoms with Gasteiger partial charge in [0.25, 0.3) is 0 Å². The fourth-order valence-corrected chi connectivity index (χ4v) is 3.78. The van der Waals surface area contributed by atoms with Crippen LogP contribution in [0.3, 0.4) is 0 Å². The maximum absolute atomic E-state index is 12.5. The number of hydrogen-bond acceptors (Lipinski definition) is 4. The first-order valence-electron chi connectivity index (χ1n) is 8.41. The molecule has 1 atom stereocenters. The second-order valence-electron chi connectivity index (χ2n) is 6.45. The Morgan fingerprint density at radius 3 is 2.79 bits per heavy atom. The van der Waals surface area contributed by atoms with Crippen LogP contribution in [0.1, 0.15) is 37.6 Å². The zero-order valence-electron chi connectivity index (χ0n) is 13.8. The zero-order valence-corrected chi connectivity index (χ0v) is 14.6. The molecule has 1 heterocycles. The van der Waals surface area contributed by atoms with Crippen LogP contribution in [0.2, 0.25) is 0 Å². The molecule has 128 valence electrons. The number of nitrogens with zero attached hydrogens (tertiary/aromatic N) is 2. The molecule has 0 aliphatic heterocycles. The predicted octanol–water partition coefficient (Wildman–Crippen LogP) is 3.33. The number of amides is 1. The van der Waals surface area contributed by atoms with Gasteiger partial charge < -0.3 is 10.0 Å². The molecule has 0 spiro atoms. The van der Waals surface area contributed by atoms with Gasteiger partial charge in [0, 0.05) is 19.0 Å². The Bertz CT molecular complexity index is 706. The quantitative estimate of drug-likeness (QED) is 0.796. The van der Waals surface area contributed by atoms with Gasteiger partial charge >= 0.3 is 5.97 Å². The summed E-state index contributed by atoms with van der Waals surface area (Å²) >= 11 is 1.68. The van der Waals surface area contributed by atoms with E-state index in [1.54, 1.807) is 23.2 Å². The minimum Gasteiger partial charge on any atom is -0.481 e. The fraction of sp³-hybridized carbons (Fsp3) is 0.500. The molecule has 0 bridgehead atoms. The number of carbonyl (C=O) groups is 2. The Morgan fingerprint density at radius 1 is 1.38 bits per heavy atom. The smallest absolute Gasteiger partial charge is 0.308 e. The van der Waals surface area contributed by atoms with Gasteiger partial charge in [-0.2, -0.15) is 0 Å². The van der Waals surface area contributed by atoms with Crippen LogP contribution in [0, 0.1) is 5.92 Å². The van der Waals surface area contributed by atoms with Crippen molar-refractivity contribution in [1.29, 1.82) is 0 Å². The summed E-state index contributed by atoms with van der Waals surface area (Å²) in [7, 11) is 0. The first-order valence-corrected chi connectivity index (χ1v) is 9.23. The van der Waals surface area contributed by atoms with Crippen LogP contribution in [-0.4, -0.2) is 39.5 Å². The van der Waals surface area contributed by atoms with E-state index in [0.29, 0.717) is 13.0 Å². The molecule has 1 saturated carbocycles. The van der Waals surface area contributed by atoms with Gasteiger partial charge in [0.1, 0.15) is 0 Å². The largest absolute Gasteiger partial charge is 0.481 e. The molecule has 6 heteroatoms. The highest BCUT2D eigenvalue weighted by Crippen LogP contribution is 2.29. The topological polar surface area (TPSA) is 70.5 Å². The van der Waals surface area contributed by atoms with Crippen molar-refractivity contribution < 1.29 is 14.7 Å². The number of thiazole rings is 1. The van der Waals surface area contributed by atoms with Gasteiger partial charge in [0.2, 0.25) is 5.91 Å². The molecule has 0 radical (unpaired) electrons. The molecule has 24 heavy (non-hydrogen) atoms. The monoisotopic (exact) mass is 346 g/mol. The van der Waals surface area contributed by atoms with Crippen molar-refractivity contribution in [2.24, 2.45) is 5.92 Å². The summed E-state index contributed by atoms with van der Waals surface area (Å²) in [6.07, 6.45) is 3.99. The first-order chi connectivity index (χ1) is 11.5. The Kier molecular flexibility index (Phi) is 5.14. The van der Waals surface area contributed by atoms with Crippen molar-refractivity contribution in [3.8, 4) is 0 Å². The third-order valence-corrected chi connectivity index (χ3v) is 5.42. The van der Waals surface area contributed by atoms with Crippen molar-refractivity contribution >= 4 is 33.4 Å².